The van der Waals surface area contributed by atoms with Gasteiger partial charge in [-0.2, -0.15) is 13.2 Å². The second-order valence-corrected chi connectivity index (χ2v) is 3.53. The highest BCUT2D eigenvalue weighted by atomic mass is 19.4. The molecule has 0 aromatic carbocycles. The molecule has 6 heteroatoms. The van der Waals surface area contributed by atoms with E-state index in [0.29, 0.717) is 13.0 Å². The van der Waals surface area contributed by atoms with E-state index in [4.69, 9.17) is 5.73 Å². The number of alkyl halides is 3. The fraction of sp³-hybridized carbons (Fsp3) is 0.875. The molecule has 1 rings (SSSR count). The molecule has 0 radical (unpaired) electrons. The summed E-state index contributed by atoms with van der Waals surface area (Å²) in [6, 6.07) is -0.180. The van der Waals surface area contributed by atoms with Crippen molar-refractivity contribution in [1.82, 2.24) is 4.90 Å². The maximum absolute atomic E-state index is 11.9. The number of nitrogens with zero attached hydrogens (tertiary/aromatic N) is 1. The number of amides is 1. The summed E-state index contributed by atoms with van der Waals surface area (Å²) in [4.78, 5) is 12.3. The summed E-state index contributed by atoms with van der Waals surface area (Å²) < 4.78 is 35.6. The van der Waals surface area contributed by atoms with Crippen molar-refractivity contribution in [2.45, 2.75) is 31.5 Å². The number of carbonyl (C=O) groups is 1. The van der Waals surface area contributed by atoms with Crippen LogP contribution in [0.3, 0.4) is 0 Å². The lowest BCUT2D eigenvalue weighted by molar-refractivity contribution is -0.162. The van der Waals surface area contributed by atoms with E-state index in [0.717, 1.165) is 6.42 Å². The minimum atomic E-state index is -4.42. The van der Waals surface area contributed by atoms with Gasteiger partial charge in [0.05, 0.1) is 0 Å². The summed E-state index contributed by atoms with van der Waals surface area (Å²) in [5, 5.41) is 0. The molecule has 1 amide bonds. The SMILES string of the molecule is NC1CCCN(C(=O)CC(F)(F)F)C1. The summed E-state index contributed by atoms with van der Waals surface area (Å²) in [5.74, 6) is -0.868. The van der Waals surface area contributed by atoms with Gasteiger partial charge >= 0.3 is 6.18 Å². The molecule has 82 valence electrons. The number of piperidine rings is 1. The molecule has 0 bridgehead atoms. The summed E-state index contributed by atoms with van der Waals surface area (Å²) in [5.41, 5.74) is 5.55. The normalized spacial score (nSPS) is 23.7. The number of rotatable bonds is 1. The Kier molecular flexibility index (Phi) is 3.36. The summed E-state index contributed by atoms with van der Waals surface area (Å²) >= 11 is 0. The van der Waals surface area contributed by atoms with Gasteiger partial charge in [-0.1, -0.05) is 0 Å². The lowest BCUT2D eigenvalue weighted by Crippen LogP contribution is -2.46. The average Bonchev–Trinajstić information content (AvgIpc) is 2.01. The van der Waals surface area contributed by atoms with E-state index in [1.165, 1.54) is 4.90 Å². The predicted octanol–water partition coefficient (Wildman–Crippen LogP) is 0.889. The molecule has 1 heterocycles. The summed E-state index contributed by atoms with van der Waals surface area (Å²) in [7, 11) is 0. The van der Waals surface area contributed by atoms with E-state index in [-0.39, 0.29) is 12.6 Å². The Bertz CT molecular complexity index is 217. The van der Waals surface area contributed by atoms with E-state index in [2.05, 4.69) is 0 Å². The summed E-state index contributed by atoms with van der Waals surface area (Å²) in [6.07, 6.45) is -4.33. The van der Waals surface area contributed by atoms with Gasteiger partial charge in [0, 0.05) is 19.1 Å². The Morgan fingerprint density at radius 2 is 2.14 bits per heavy atom. The van der Waals surface area contributed by atoms with Crippen LogP contribution in [-0.4, -0.2) is 36.1 Å². The average molecular weight is 210 g/mol. The quantitative estimate of drug-likeness (QED) is 0.698. The lowest BCUT2D eigenvalue weighted by Gasteiger charge is -2.31. The largest absolute Gasteiger partial charge is 0.397 e. The van der Waals surface area contributed by atoms with Crippen LogP contribution in [-0.2, 0) is 4.79 Å². The van der Waals surface area contributed by atoms with E-state index in [9.17, 15) is 18.0 Å². The highest BCUT2D eigenvalue weighted by molar-refractivity contribution is 5.77. The maximum atomic E-state index is 11.9. The van der Waals surface area contributed by atoms with Crippen molar-refractivity contribution in [2.75, 3.05) is 13.1 Å². The molecule has 0 aliphatic carbocycles. The predicted molar refractivity (Wildman–Crippen MR) is 44.5 cm³/mol. The van der Waals surface area contributed by atoms with Crippen molar-refractivity contribution in [3.8, 4) is 0 Å². The van der Waals surface area contributed by atoms with Gasteiger partial charge < -0.3 is 10.6 Å². The molecular weight excluding hydrogens is 197 g/mol. The second kappa shape index (κ2) is 4.16. The van der Waals surface area contributed by atoms with Crippen molar-refractivity contribution >= 4 is 5.91 Å². The first kappa shape index (κ1) is 11.3. The Morgan fingerprint density at radius 3 is 2.64 bits per heavy atom. The zero-order valence-corrected chi connectivity index (χ0v) is 7.68. The van der Waals surface area contributed by atoms with Crippen molar-refractivity contribution in [1.29, 1.82) is 0 Å². The van der Waals surface area contributed by atoms with Crippen LogP contribution in [0.25, 0.3) is 0 Å². The molecular formula is C8H13F3N2O. The van der Waals surface area contributed by atoms with Crippen LogP contribution in [0.15, 0.2) is 0 Å². The van der Waals surface area contributed by atoms with Crippen LogP contribution < -0.4 is 5.73 Å². The van der Waals surface area contributed by atoms with Crippen molar-refractivity contribution in [3.05, 3.63) is 0 Å². The van der Waals surface area contributed by atoms with Gasteiger partial charge in [-0.3, -0.25) is 4.79 Å². The number of hydrogen-bond acceptors (Lipinski definition) is 2. The van der Waals surface area contributed by atoms with Gasteiger partial charge in [-0.25, -0.2) is 0 Å². The van der Waals surface area contributed by atoms with Gasteiger partial charge in [0.15, 0.2) is 0 Å². The summed E-state index contributed by atoms with van der Waals surface area (Å²) in [6.45, 7) is 0.636. The van der Waals surface area contributed by atoms with E-state index >= 15 is 0 Å². The third-order valence-corrected chi connectivity index (χ3v) is 2.16. The lowest BCUT2D eigenvalue weighted by atomic mass is 10.1. The van der Waals surface area contributed by atoms with Crippen molar-refractivity contribution in [3.63, 3.8) is 0 Å². The minimum absolute atomic E-state index is 0.180. The number of likely N-dealkylation sites (tertiary alicyclic amines) is 1. The molecule has 0 aromatic rings. The molecule has 3 nitrogen and oxygen atoms in total. The van der Waals surface area contributed by atoms with Gasteiger partial charge in [-0.15, -0.1) is 0 Å². The number of carbonyl (C=O) groups excluding carboxylic acids is 1. The number of halogens is 3. The highest BCUT2D eigenvalue weighted by Gasteiger charge is 2.34. The Morgan fingerprint density at radius 1 is 1.50 bits per heavy atom. The van der Waals surface area contributed by atoms with Crippen LogP contribution in [0.4, 0.5) is 13.2 Å². The third-order valence-electron chi connectivity index (χ3n) is 2.16. The monoisotopic (exact) mass is 210 g/mol. The first-order valence-corrected chi connectivity index (χ1v) is 4.48. The molecule has 1 saturated heterocycles. The number of nitrogens with two attached hydrogens (primary N) is 1. The molecule has 0 saturated carbocycles. The van der Waals surface area contributed by atoms with Crippen LogP contribution in [0.2, 0.25) is 0 Å². The molecule has 14 heavy (non-hydrogen) atoms. The molecule has 0 aromatic heterocycles. The first-order valence-electron chi connectivity index (χ1n) is 4.48. The Labute approximate surface area is 80.0 Å². The standard InChI is InChI=1S/C8H13F3N2O/c9-8(10,11)4-7(14)13-3-1-2-6(12)5-13/h6H,1-5,12H2. The van der Waals surface area contributed by atoms with Crippen LogP contribution in [0, 0.1) is 0 Å². The van der Waals surface area contributed by atoms with Gasteiger partial charge in [-0.05, 0) is 12.8 Å². The van der Waals surface area contributed by atoms with Gasteiger partial charge in [0.1, 0.15) is 6.42 Å². The molecule has 1 atom stereocenters. The topological polar surface area (TPSA) is 46.3 Å². The fourth-order valence-electron chi connectivity index (χ4n) is 1.52. The molecule has 1 fully saturated rings. The van der Waals surface area contributed by atoms with Gasteiger partial charge in [0.25, 0.3) is 0 Å². The zero-order valence-electron chi connectivity index (χ0n) is 7.68. The van der Waals surface area contributed by atoms with Crippen LogP contribution >= 0.6 is 0 Å². The molecule has 1 aliphatic rings. The maximum Gasteiger partial charge on any atom is 0.397 e. The smallest absolute Gasteiger partial charge is 0.341 e. The van der Waals surface area contributed by atoms with E-state index in [1.54, 1.807) is 0 Å². The van der Waals surface area contributed by atoms with Gasteiger partial charge in [0.2, 0.25) is 5.91 Å². The second-order valence-electron chi connectivity index (χ2n) is 3.53. The minimum Gasteiger partial charge on any atom is -0.341 e. The van der Waals surface area contributed by atoms with Crippen molar-refractivity contribution < 1.29 is 18.0 Å². The Balaban J connectivity index is 2.44. The number of hydrogen-bond donors (Lipinski definition) is 1. The van der Waals surface area contributed by atoms with Crippen LogP contribution in [0.1, 0.15) is 19.3 Å². The molecule has 1 unspecified atom stereocenters. The molecule has 0 spiro atoms. The van der Waals surface area contributed by atoms with E-state index in [1.807, 2.05) is 0 Å². The van der Waals surface area contributed by atoms with Crippen LogP contribution in [0.5, 0.6) is 0 Å². The Hall–Kier alpha value is -0.780. The molecule has 1 aliphatic heterocycles. The fourth-order valence-corrected chi connectivity index (χ4v) is 1.52. The first-order chi connectivity index (χ1) is 6.38. The van der Waals surface area contributed by atoms with Crippen molar-refractivity contribution in [2.24, 2.45) is 5.73 Å². The molecule has 2 N–H and O–H groups in total. The van der Waals surface area contributed by atoms with E-state index < -0.39 is 18.5 Å². The zero-order chi connectivity index (χ0) is 10.8. The third kappa shape index (κ3) is 3.53. The highest BCUT2D eigenvalue weighted by Crippen LogP contribution is 2.21.